The molecular formula is C22H20N4O6. The average molecular weight is 436 g/mol. The summed E-state index contributed by atoms with van der Waals surface area (Å²) in [5, 5.41) is 2.17. The molecule has 3 heterocycles. The summed E-state index contributed by atoms with van der Waals surface area (Å²) in [5.74, 6) is -2.69. The minimum absolute atomic E-state index is 0.0504. The number of hydrogen-bond donors (Lipinski definition) is 2. The van der Waals surface area contributed by atoms with Gasteiger partial charge in [-0.15, -0.1) is 0 Å². The van der Waals surface area contributed by atoms with Gasteiger partial charge < -0.3 is 10.5 Å². The van der Waals surface area contributed by atoms with Crippen molar-refractivity contribution in [3.05, 3.63) is 58.9 Å². The molecule has 2 aliphatic heterocycles. The van der Waals surface area contributed by atoms with Crippen molar-refractivity contribution in [2.75, 3.05) is 6.61 Å². The van der Waals surface area contributed by atoms with E-state index in [0.717, 1.165) is 4.90 Å². The lowest BCUT2D eigenvalue weighted by molar-refractivity contribution is -0.136. The summed E-state index contributed by atoms with van der Waals surface area (Å²) in [6.07, 6.45) is 2.61. The van der Waals surface area contributed by atoms with Crippen LogP contribution in [0.5, 0.6) is 5.75 Å². The Morgan fingerprint density at radius 3 is 2.72 bits per heavy atom. The summed E-state index contributed by atoms with van der Waals surface area (Å²) in [4.78, 5) is 65.8. The zero-order valence-corrected chi connectivity index (χ0v) is 17.0. The Kier molecular flexibility index (Phi) is 5.67. The monoisotopic (exact) mass is 436 g/mol. The fourth-order valence-corrected chi connectivity index (χ4v) is 3.91. The van der Waals surface area contributed by atoms with Crippen molar-refractivity contribution < 1.29 is 28.7 Å². The van der Waals surface area contributed by atoms with Crippen LogP contribution in [0.2, 0.25) is 0 Å². The van der Waals surface area contributed by atoms with Crippen LogP contribution in [0.1, 0.15) is 56.0 Å². The highest BCUT2D eigenvalue weighted by Crippen LogP contribution is 2.33. The van der Waals surface area contributed by atoms with E-state index in [2.05, 4.69) is 10.3 Å². The molecule has 1 aromatic carbocycles. The standard InChI is InChI=1S/C22H20N4O6/c23-19(28)18-12(4-2-10-24-18)5-3-11-32-15-7-1-6-13-17(15)22(31)26(21(13)30)14-8-9-16(27)25-20(14)29/h1-2,4,6-7,10,14H,3,5,8-9,11H2,(H2,23,28)(H,25,27,29). The summed E-state index contributed by atoms with van der Waals surface area (Å²) in [7, 11) is 0. The number of nitrogens with zero attached hydrogens (tertiary/aromatic N) is 2. The predicted molar refractivity (Wildman–Crippen MR) is 110 cm³/mol. The molecule has 5 amide bonds. The van der Waals surface area contributed by atoms with Gasteiger partial charge in [0, 0.05) is 12.6 Å². The topological polar surface area (TPSA) is 149 Å². The number of rotatable bonds is 7. The minimum atomic E-state index is -1.04. The number of imide groups is 2. The van der Waals surface area contributed by atoms with Gasteiger partial charge in [-0.3, -0.25) is 39.2 Å². The second-order valence-electron chi connectivity index (χ2n) is 7.45. The molecule has 10 nitrogen and oxygen atoms in total. The summed E-state index contributed by atoms with van der Waals surface area (Å²) in [5.41, 5.74) is 6.48. The summed E-state index contributed by atoms with van der Waals surface area (Å²) in [6.45, 7) is 0.212. The third-order valence-corrected chi connectivity index (χ3v) is 5.40. The van der Waals surface area contributed by atoms with E-state index in [1.54, 1.807) is 24.3 Å². The van der Waals surface area contributed by atoms with E-state index in [9.17, 15) is 24.0 Å². The highest BCUT2D eigenvalue weighted by Gasteiger charge is 2.45. The maximum atomic E-state index is 13.0. The quantitative estimate of drug-likeness (QED) is 0.477. The van der Waals surface area contributed by atoms with Crippen molar-refractivity contribution in [3.63, 3.8) is 0 Å². The molecule has 164 valence electrons. The highest BCUT2D eigenvalue weighted by atomic mass is 16.5. The van der Waals surface area contributed by atoms with E-state index >= 15 is 0 Å². The number of pyridine rings is 1. The number of aryl methyl sites for hydroxylation is 1. The number of aromatic nitrogens is 1. The van der Waals surface area contributed by atoms with Crippen LogP contribution in [0.4, 0.5) is 0 Å². The van der Waals surface area contributed by atoms with E-state index in [4.69, 9.17) is 10.5 Å². The largest absolute Gasteiger partial charge is 0.493 e. The van der Waals surface area contributed by atoms with Crippen LogP contribution < -0.4 is 15.8 Å². The Morgan fingerprint density at radius 1 is 1.16 bits per heavy atom. The molecule has 10 heteroatoms. The molecule has 1 aromatic heterocycles. The number of piperidine rings is 1. The number of amides is 5. The lowest BCUT2D eigenvalue weighted by atomic mass is 10.0. The van der Waals surface area contributed by atoms with Gasteiger partial charge in [0.05, 0.1) is 17.7 Å². The minimum Gasteiger partial charge on any atom is -0.493 e. The number of ether oxygens (including phenoxy) is 1. The molecule has 32 heavy (non-hydrogen) atoms. The Labute approximate surface area is 182 Å². The first-order valence-corrected chi connectivity index (χ1v) is 10.1. The number of fused-ring (bicyclic) bond motifs is 1. The number of carbonyl (C=O) groups excluding carboxylic acids is 5. The first kappa shape index (κ1) is 21.2. The zero-order chi connectivity index (χ0) is 22.8. The van der Waals surface area contributed by atoms with E-state index in [1.807, 2.05) is 0 Å². The number of nitrogens with two attached hydrogens (primary N) is 1. The molecule has 2 aliphatic rings. The summed E-state index contributed by atoms with van der Waals surface area (Å²) < 4.78 is 5.78. The van der Waals surface area contributed by atoms with Gasteiger partial charge in [0.15, 0.2) is 0 Å². The van der Waals surface area contributed by atoms with Crippen molar-refractivity contribution in [2.24, 2.45) is 5.73 Å². The molecule has 3 N–H and O–H groups in total. The number of benzene rings is 1. The first-order chi connectivity index (χ1) is 15.4. The van der Waals surface area contributed by atoms with Crippen LogP contribution in [-0.4, -0.2) is 52.1 Å². The fourth-order valence-electron chi connectivity index (χ4n) is 3.91. The molecule has 1 atom stereocenters. The van der Waals surface area contributed by atoms with Gasteiger partial charge >= 0.3 is 0 Å². The van der Waals surface area contributed by atoms with Crippen LogP contribution in [0.25, 0.3) is 0 Å². The lowest BCUT2D eigenvalue weighted by Gasteiger charge is -2.27. The van der Waals surface area contributed by atoms with E-state index < -0.39 is 35.6 Å². The molecule has 1 unspecified atom stereocenters. The molecule has 1 saturated heterocycles. The van der Waals surface area contributed by atoms with Crippen LogP contribution >= 0.6 is 0 Å². The third kappa shape index (κ3) is 3.82. The average Bonchev–Trinajstić information content (AvgIpc) is 3.02. The Hall–Kier alpha value is -4.08. The maximum absolute atomic E-state index is 13.0. The van der Waals surface area contributed by atoms with E-state index in [-0.39, 0.29) is 42.0 Å². The van der Waals surface area contributed by atoms with Gasteiger partial charge in [0.1, 0.15) is 17.5 Å². The van der Waals surface area contributed by atoms with Crippen molar-refractivity contribution in [1.29, 1.82) is 0 Å². The van der Waals surface area contributed by atoms with Gasteiger partial charge in [-0.1, -0.05) is 12.1 Å². The van der Waals surface area contributed by atoms with Gasteiger partial charge in [-0.2, -0.15) is 0 Å². The van der Waals surface area contributed by atoms with Crippen molar-refractivity contribution in [2.45, 2.75) is 31.7 Å². The Bertz CT molecular complexity index is 1140. The molecule has 0 radical (unpaired) electrons. The second-order valence-corrected chi connectivity index (χ2v) is 7.45. The van der Waals surface area contributed by atoms with Crippen molar-refractivity contribution >= 4 is 29.5 Å². The number of nitrogens with one attached hydrogen (secondary N) is 1. The normalized spacial score (nSPS) is 17.9. The highest BCUT2D eigenvalue weighted by molar-refractivity contribution is 6.24. The molecular weight excluding hydrogens is 416 g/mol. The first-order valence-electron chi connectivity index (χ1n) is 10.1. The van der Waals surface area contributed by atoms with Gasteiger partial charge in [0.2, 0.25) is 11.8 Å². The van der Waals surface area contributed by atoms with Crippen molar-refractivity contribution in [1.82, 2.24) is 15.2 Å². The summed E-state index contributed by atoms with van der Waals surface area (Å²) >= 11 is 0. The molecule has 0 aliphatic carbocycles. The van der Waals surface area contributed by atoms with Crippen LogP contribution in [0.15, 0.2) is 36.5 Å². The molecule has 2 aromatic rings. The van der Waals surface area contributed by atoms with Gasteiger partial charge in [-0.25, -0.2) is 0 Å². The molecule has 4 rings (SSSR count). The van der Waals surface area contributed by atoms with Crippen LogP contribution in [0.3, 0.4) is 0 Å². The Balaban J connectivity index is 1.46. The number of carbonyl (C=O) groups is 5. The van der Waals surface area contributed by atoms with E-state index in [1.165, 1.54) is 12.3 Å². The van der Waals surface area contributed by atoms with Gasteiger partial charge in [0.25, 0.3) is 17.7 Å². The predicted octanol–water partition coefficient (Wildman–Crippen LogP) is 0.593. The Morgan fingerprint density at radius 2 is 1.97 bits per heavy atom. The number of hydrogen-bond acceptors (Lipinski definition) is 7. The van der Waals surface area contributed by atoms with Crippen LogP contribution in [0, 0.1) is 0 Å². The molecule has 0 bridgehead atoms. The third-order valence-electron chi connectivity index (χ3n) is 5.40. The number of primary amides is 1. The smallest absolute Gasteiger partial charge is 0.267 e. The molecule has 0 saturated carbocycles. The molecule has 0 spiro atoms. The zero-order valence-electron chi connectivity index (χ0n) is 17.0. The van der Waals surface area contributed by atoms with E-state index in [0.29, 0.717) is 18.4 Å². The van der Waals surface area contributed by atoms with Crippen LogP contribution in [-0.2, 0) is 16.0 Å². The van der Waals surface area contributed by atoms with Crippen molar-refractivity contribution in [3.8, 4) is 5.75 Å². The maximum Gasteiger partial charge on any atom is 0.267 e. The summed E-state index contributed by atoms with van der Waals surface area (Å²) in [6, 6.07) is 7.11. The molecule has 1 fully saturated rings. The van der Waals surface area contributed by atoms with Gasteiger partial charge in [-0.05, 0) is 43.0 Å². The second kappa shape index (κ2) is 8.58. The lowest BCUT2D eigenvalue weighted by Crippen LogP contribution is -2.54. The SMILES string of the molecule is NC(=O)c1ncccc1CCCOc1cccc2c1C(=O)N(C1CCC(=O)NC1=O)C2=O. The fraction of sp³-hybridized carbons (Fsp3) is 0.273.